The highest BCUT2D eigenvalue weighted by atomic mass is 16.5. The monoisotopic (exact) mass is 344 g/mol. The van der Waals surface area contributed by atoms with E-state index < -0.39 is 0 Å². The molecular weight excluding hydrogens is 320 g/mol. The molecule has 0 radical (unpaired) electrons. The summed E-state index contributed by atoms with van der Waals surface area (Å²) in [4.78, 5) is 19.4. The molecule has 134 valence electrons. The number of rotatable bonds is 6. The number of nitrogens with zero attached hydrogens (tertiary/aromatic N) is 3. The molecule has 2 atom stereocenters. The maximum absolute atomic E-state index is 12.9. The number of H-pyrrole nitrogens is 1. The van der Waals surface area contributed by atoms with E-state index in [1.165, 1.54) is 12.8 Å². The van der Waals surface area contributed by atoms with Crippen molar-refractivity contribution in [3.63, 3.8) is 0 Å². The Hall–Kier alpha value is -2.15. The third-order valence-electron chi connectivity index (χ3n) is 5.36. The Morgan fingerprint density at radius 2 is 2.28 bits per heavy atom. The molecule has 2 aliphatic rings. The number of aromatic amines is 1. The van der Waals surface area contributed by atoms with E-state index >= 15 is 0 Å². The Bertz CT molecular complexity index is 749. The average Bonchev–Trinajstić information content (AvgIpc) is 3.05. The van der Waals surface area contributed by atoms with Crippen LogP contribution >= 0.6 is 0 Å². The molecule has 1 N–H and O–H groups in total. The molecule has 0 aromatic carbocycles. The van der Waals surface area contributed by atoms with Gasteiger partial charge in [0.15, 0.2) is 17.4 Å². The first-order chi connectivity index (χ1) is 12.2. The van der Waals surface area contributed by atoms with Crippen LogP contribution in [0.3, 0.4) is 0 Å². The van der Waals surface area contributed by atoms with Gasteiger partial charge >= 0.3 is 0 Å². The van der Waals surface area contributed by atoms with Gasteiger partial charge in [-0.05, 0) is 37.2 Å². The van der Waals surface area contributed by atoms with E-state index in [-0.39, 0.29) is 11.8 Å². The molecular formula is C18H24N4O3. The van der Waals surface area contributed by atoms with E-state index in [4.69, 9.17) is 9.15 Å². The molecule has 0 bridgehead atoms. The van der Waals surface area contributed by atoms with Crippen LogP contribution in [-0.4, -0.2) is 46.2 Å². The van der Waals surface area contributed by atoms with Gasteiger partial charge in [0, 0.05) is 31.7 Å². The second kappa shape index (κ2) is 6.63. The molecule has 7 heteroatoms. The maximum atomic E-state index is 12.9. The fraction of sp³-hybridized carbons (Fsp3) is 0.611. The molecule has 2 aromatic rings. The Morgan fingerprint density at radius 3 is 3.00 bits per heavy atom. The minimum Gasteiger partial charge on any atom is -0.459 e. The SMILES string of the molecule is CCc1ccoc1C(=O)N1C[C@H](c2n[nH]c(COC)n2)[C@@H](C2CC2)C1. The predicted octanol–water partition coefficient (Wildman–Crippen LogP) is 2.37. The molecule has 25 heavy (non-hydrogen) atoms. The van der Waals surface area contributed by atoms with Gasteiger partial charge in [-0.1, -0.05) is 6.92 Å². The lowest BCUT2D eigenvalue weighted by Crippen LogP contribution is -2.29. The molecule has 1 aliphatic heterocycles. The number of carbonyl (C=O) groups is 1. The number of carbonyl (C=O) groups excluding carboxylic acids is 1. The summed E-state index contributed by atoms with van der Waals surface area (Å²) in [5, 5.41) is 7.34. The van der Waals surface area contributed by atoms with Crippen molar-refractivity contribution in [2.45, 2.75) is 38.7 Å². The third kappa shape index (κ3) is 3.08. The van der Waals surface area contributed by atoms with Crippen molar-refractivity contribution in [3.8, 4) is 0 Å². The van der Waals surface area contributed by atoms with Crippen LogP contribution in [0.4, 0.5) is 0 Å². The number of hydrogen-bond acceptors (Lipinski definition) is 5. The number of ether oxygens (including phenoxy) is 1. The van der Waals surface area contributed by atoms with Gasteiger partial charge in [0.1, 0.15) is 6.61 Å². The lowest BCUT2D eigenvalue weighted by atomic mass is 9.91. The Morgan fingerprint density at radius 1 is 1.44 bits per heavy atom. The van der Waals surface area contributed by atoms with E-state index in [0.717, 1.165) is 30.2 Å². The smallest absolute Gasteiger partial charge is 0.289 e. The summed E-state index contributed by atoms with van der Waals surface area (Å²) in [5.74, 6) is 3.28. The Kier molecular flexibility index (Phi) is 4.33. The van der Waals surface area contributed by atoms with Crippen LogP contribution in [0.5, 0.6) is 0 Å². The van der Waals surface area contributed by atoms with Crippen molar-refractivity contribution in [1.29, 1.82) is 0 Å². The zero-order valence-electron chi connectivity index (χ0n) is 14.7. The van der Waals surface area contributed by atoms with Crippen molar-refractivity contribution in [1.82, 2.24) is 20.1 Å². The van der Waals surface area contributed by atoms with Crippen molar-refractivity contribution in [3.05, 3.63) is 35.3 Å². The molecule has 0 spiro atoms. The van der Waals surface area contributed by atoms with Crippen LogP contribution in [-0.2, 0) is 17.8 Å². The first kappa shape index (κ1) is 16.3. The highest BCUT2D eigenvalue weighted by molar-refractivity contribution is 5.93. The number of likely N-dealkylation sites (tertiary alicyclic amines) is 1. The van der Waals surface area contributed by atoms with Crippen LogP contribution in [0.2, 0.25) is 0 Å². The minimum atomic E-state index is -0.0114. The summed E-state index contributed by atoms with van der Waals surface area (Å²) < 4.78 is 10.6. The molecule has 1 saturated heterocycles. The first-order valence-corrected chi connectivity index (χ1v) is 8.97. The number of hydrogen-bond donors (Lipinski definition) is 1. The molecule has 3 heterocycles. The van der Waals surface area contributed by atoms with Crippen molar-refractivity contribution >= 4 is 5.91 Å². The van der Waals surface area contributed by atoms with Crippen molar-refractivity contribution in [2.24, 2.45) is 11.8 Å². The standard InChI is InChI=1S/C18H24N4O3/c1-3-11-6-7-25-16(11)18(23)22-8-13(12-4-5-12)14(9-22)17-19-15(10-24-2)20-21-17/h6-7,12-14H,3-5,8-10H2,1-2H3,(H,19,20,21)/t13-,14+/m1/s1. The first-order valence-electron chi connectivity index (χ1n) is 8.97. The summed E-state index contributed by atoms with van der Waals surface area (Å²) >= 11 is 0. The fourth-order valence-corrected chi connectivity index (χ4v) is 3.89. The van der Waals surface area contributed by atoms with Gasteiger partial charge in [-0.3, -0.25) is 9.89 Å². The fourth-order valence-electron chi connectivity index (χ4n) is 3.89. The predicted molar refractivity (Wildman–Crippen MR) is 90.0 cm³/mol. The second-order valence-corrected chi connectivity index (χ2v) is 7.02. The summed E-state index contributed by atoms with van der Waals surface area (Å²) in [6.07, 6.45) is 4.87. The average molecular weight is 344 g/mol. The van der Waals surface area contributed by atoms with Crippen molar-refractivity contribution in [2.75, 3.05) is 20.2 Å². The third-order valence-corrected chi connectivity index (χ3v) is 5.36. The van der Waals surface area contributed by atoms with E-state index in [9.17, 15) is 4.79 Å². The van der Waals surface area contributed by atoms with Crippen LogP contribution in [0.15, 0.2) is 16.7 Å². The number of nitrogens with one attached hydrogen (secondary N) is 1. The van der Waals surface area contributed by atoms with Gasteiger partial charge in [-0.15, -0.1) is 0 Å². The second-order valence-electron chi connectivity index (χ2n) is 7.02. The largest absolute Gasteiger partial charge is 0.459 e. The number of furan rings is 1. The normalized spacial score (nSPS) is 23.4. The van der Waals surface area contributed by atoms with Gasteiger partial charge in [0.25, 0.3) is 5.91 Å². The molecule has 7 nitrogen and oxygen atoms in total. The van der Waals surface area contributed by atoms with Gasteiger partial charge in [-0.25, -0.2) is 4.98 Å². The van der Waals surface area contributed by atoms with Gasteiger partial charge in [0.2, 0.25) is 0 Å². The van der Waals surface area contributed by atoms with Crippen molar-refractivity contribution < 1.29 is 13.9 Å². The number of methoxy groups -OCH3 is 1. The topological polar surface area (TPSA) is 84.2 Å². The summed E-state index contributed by atoms with van der Waals surface area (Å²) in [6, 6.07) is 1.88. The van der Waals surface area contributed by atoms with Crippen LogP contribution in [0.25, 0.3) is 0 Å². The zero-order valence-corrected chi connectivity index (χ0v) is 14.7. The number of amides is 1. The van der Waals surface area contributed by atoms with Crippen LogP contribution in [0.1, 0.15) is 53.5 Å². The zero-order chi connectivity index (χ0) is 17.4. The molecule has 1 amide bonds. The van der Waals surface area contributed by atoms with Gasteiger partial charge in [-0.2, -0.15) is 5.10 Å². The Labute approximate surface area is 146 Å². The van der Waals surface area contributed by atoms with Gasteiger partial charge in [0.05, 0.1) is 6.26 Å². The molecule has 1 saturated carbocycles. The highest BCUT2D eigenvalue weighted by Gasteiger charge is 2.46. The summed E-state index contributed by atoms with van der Waals surface area (Å²) in [5.41, 5.74) is 0.969. The molecule has 1 aliphatic carbocycles. The summed E-state index contributed by atoms with van der Waals surface area (Å²) in [7, 11) is 1.64. The maximum Gasteiger partial charge on any atom is 0.289 e. The molecule has 0 unspecified atom stereocenters. The van der Waals surface area contributed by atoms with E-state index in [2.05, 4.69) is 15.2 Å². The lowest BCUT2D eigenvalue weighted by Gasteiger charge is -2.15. The quantitative estimate of drug-likeness (QED) is 0.870. The van der Waals surface area contributed by atoms with Crippen LogP contribution < -0.4 is 0 Å². The minimum absolute atomic E-state index is 0.0114. The molecule has 2 aromatic heterocycles. The highest BCUT2D eigenvalue weighted by Crippen LogP contribution is 2.47. The lowest BCUT2D eigenvalue weighted by molar-refractivity contribution is 0.0751. The summed E-state index contributed by atoms with van der Waals surface area (Å²) in [6.45, 7) is 3.86. The molecule has 4 rings (SSSR count). The van der Waals surface area contributed by atoms with Gasteiger partial charge < -0.3 is 14.1 Å². The van der Waals surface area contributed by atoms with E-state index in [0.29, 0.717) is 30.7 Å². The Balaban J connectivity index is 1.55. The number of aromatic nitrogens is 3. The van der Waals surface area contributed by atoms with Crippen LogP contribution in [0, 0.1) is 11.8 Å². The molecule has 2 fully saturated rings. The number of aryl methyl sites for hydroxylation is 1. The van der Waals surface area contributed by atoms with E-state index in [1.54, 1.807) is 13.4 Å². The van der Waals surface area contributed by atoms with E-state index in [1.807, 2.05) is 17.9 Å².